The molecule has 0 radical (unpaired) electrons. The third-order valence-electron chi connectivity index (χ3n) is 6.72. The van der Waals surface area contributed by atoms with Gasteiger partial charge in [0.05, 0.1) is 19.8 Å². The first kappa shape index (κ1) is 26.3. The first-order valence-corrected chi connectivity index (χ1v) is 13.0. The number of ether oxygens (including phenoxy) is 6. The molecule has 1 saturated carbocycles. The predicted octanol–water partition coefficient (Wildman–Crippen LogP) is 4.76. The number of benzene rings is 3. The quantitative estimate of drug-likeness (QED) is 0.258. The standard InChI is InChI=1S/C30H30O7S/c1-21(31)35-20-30-27(34-19-24-15-9-4-10-16-24)25(32-17-22-11-5-2-6-12-22)26(28(30)36-29(38)37-30)33-18-23-13-7-3-8-14-23/h2-16,25-28H,17-20H2,1H3/t25-,26-,27+,28-,30+/m1/s1. The highest BCUT2D eigenvalue weighted by Crippen LogP contribution is 2.46. The summed E-state index contributed by atoms with van der Waals surface area (Å²) in [6, 6.07) is 29.5. The van der Waals surface area contributed by atoms with Crippen LogP contribution in [0.1, 0.15) is 23.6 Å². The normalized spacial score (nSPS) is 25.9. The molecule has 3 aromatic carbocycles. The highest BCUT2D eigenvalue weighted by atomic mass is 32.1. The number of hydrogen-bond donors (Lipinski definition) is 0. The molecule has 1 aliphatic carbocycles. The molecule has 2 fully saturated rings. The lowest BCUT2D eigenvalue weighted by Crippen LogP contribution is -2.53. The fraction of sp³-hybridized carbons (Fsp3) is 0.333. The molecule has 0 amide bonds. The lowest BCUT2D eigenvalue weighted by molar-refractivity contribution is -0.171. The van der Waals surface area contributed by atoms with Crippen LogP contribution in [0.25, 0.3) is 0 Å². The summed E-state index contributed by atoms with van der Waals surface area (Å²) in [5.74, 6) is -0.447. The predicted molar refractivity (Wildman–Crippen MR) is 143 cm³/mol. The number of rotatable bonds is 11. The average Bonchev–Trinajstić information content (AvgIpc) is 3.39. The van der Waals surface area contributed by atoms with E-state index in [1.54, 1.807) is 0 Å². The van der Waals surface area contributed by atoms with E-state index in [1.165, 1.54) is 6.92 Å². The van der Waals surface area contributed by atoms with E-state index >= 15 is 0 Å². The zero-order valence-electron chi connectivity index (χ0n) is 21.1. The maximum atomic E-state index is 11.9. The van der Waals surface area contributed by atoms with E-state index in [4.69, 9.17) is 40.6 Å². The third-order valence-corrected chi connectivity index (χ3v) is 6.90. The molecule has 0 aromatic heterocycles. The van der Waals surface area contributed by atoms with Crippen LogP contribution in [0.15, 0.2) is 91.0 Å². The van der Waals surface area contributed by atoms with Crippen LogP contribution >= 0.6 is 12.2 Å². The van der Waals surface area contributed by atoms with Gasteiger partial charge in [-0.2, -0.15) is 0 Å². The van der Waals surface area contributed by atoms with E-state index in [9.17, 15) is 4.79 Å². The van der Waals surface area contributed by atoms with Crippen LogP contribution in [0, 0.1) is 0 Å². The topological polar surface area (TPSA) is 72.5 Å². The fourth-order valence-electron chi connectivity index (χ4n) is 4.93. The molecular formula is C30H30O7S. The minimum atomic E-state index is -1.24. The monoisotopic (exact) mass is 534 g/mol. The summed E-state index contributed by atoms with van der Waals surface area (Å²) in [6.45, 7) is 2.15. The summed E-state index contributed by atoms with van der Waals surface area (Å²) >= 11 is 5.33. The molecule has 5 atom stereocenters. The van der Waals surface area contributed by atoms with E-state index < -0.39 is 36.0 Å². The van der Waals surface area contributed by atoms with Crippen LogP contribution in [0.3, 0.4) is 0 Å². The second-order valence-electron chi connectivity index (χ2n) is 9.37. The molecule has 7 nitrogen and oxygen atoms in total. The van der Waals surface area contributed by atoms with E-state index in [2.05, 4.69) is 0 Å². The molecule has 0 N–H and O–H groups in total. The third kappa shape index (κ3) is 5.89. The second-order valence-corrected chi connectivity index (χ2v) is 9.70. The van der Waals surface area contributed by atoms with Gasteiger partial charge in [-0.25, -0.2) is 0 Å². The first-order valence-electron chi connectivity index (χ1n) is 12.5. The zero-order chi connectivity index (χ0) is 26.4. The number of hydrogen-bond acceptors (Lipinski definition) is 8. The Morgan fingerprint density at radius 3 is 1.74 bits per heavy atom. The molecule has 3 aromatic rings. The van der Waals surface area contributed by atoms with E-state index in [0.717, 1.165) is 16.7 Å². The Hall–Kier alpha value is -3.30. The summed E-state index contributed by atoms with van der Waals surface area (Å²) in [7, 11) is 0. The van der Waals surface area contributed by atoms with Gasteiger partial charge >= 0.3 is 11.2 Å². The van der Waals surface area contributed by atoms with Crippen molar-refractivity contribution in [1.29, 1.82) is 0 Å². The second kappa shape index (κ2) is 12.0. The highest BCUT2D eigenvalue weighted by Gasteiger charge is 2.70. The smallest absolute Gasteiger partial charge is 0.353 e. The van der Waals surface area contributed by atoms with Crippen molar-refractivity contribution < 1.29 is 33.2 Å². The molecule has 0 bridgehead atoms. The molecule has 1 saturated heterocycles. The lowest BCUT2D eigenvalue weighted by Gasteiger charge is -2.32. The molecule has 2 aliphatic rings. The van der Waals surface area contributed by atoms with Crippen molar-refractivity contribution in [1.82, 2.24) is 0 Å². The molecule has 8 heteroatoms. The Morgan fingerprint density at radius 2 is 1.24 bits per heavy atom. The number of carbonyl (C=O) groups is 1. The van der Waals surface area contributed by atoms with Crippen molar-refractivity contribution >= 4 is 23.4 Å². The van der Waals surface area contributed by atoms with E-state index in [1.807, 2.05) is 91.0 Å². The maximum absolute atomic E-state index is 11.9. The number of thiocarbonyl (C=S) groups is 1. The Labute approximate surface area is 227 Å². The number of fused-ring (bicyclic) bond motifs is 1. The average molecular weight is 535 g/mol. The van der Waals surface area contributed by atoms with Gasteiger partial charge in [0.25, 0.3) is 0 Å². The van der Waals surface area contributed by atoms with Crippen molar-refractivity contribution in [3.8, 4) is 0 Å². The van der Waals surface area contributed by atoms with Gasteiger partial charge in [-0.3, -0.25) is 4.79 Å². The van der Waals surface area contributed by atoms with Crippen molar-refractivity contribution in [3.05, 3.63) is 108 Å². The molecular weight excluding hydrogens is 504 g/mol. The van der Waals surface area contributed by atoms with Gasteiger partial charge in [0.15, 0.2) is 6.10 Å². The Balaban J connectivity index is 1.47. The molecule has 0 unspecified atom stereocenters. The van der Waals surface area contributed by atoms with Crippen LogP contribution in [0.5, 0.6) is 0 Å². The van der Waals surface area contributed by atoms with Gasteiger partial charge in [0.2, 0.25) is 5.60 Å². The van der Waals surface area contributed by atoms with Crippen LogP contribution in [0.2, 0.25) is 0 Å². The minimum absolute atomic E-state index is 0.0368. The van der Waals surface area contributed by atoms with Crippen LogP contribution in [-0.2, 0) is 53.0 Å². The van der Waals surface area contributed by atoms with Gasteiger partial charge in [-0.05, 0) is 16.7 Å². The maximum Gasteiger partial charge on any atom is 0.353 e. The number of esters is 1. The SMILES string of the molecule is CC(=O)OC[C@@]12OC(=S)O[C@@H]1[C@H](OCc1ccccc1)[C@@H](OCc1ccccc1)[C@@H]2OCc1ccccc1. The van der Waals surface area contributed by atoms with Gasteiger partial charge in [0, 0.05) is 19.1 Å². The van der Waals surface area contributed by atoms with Crippen LogP contribution in [-0.4, -0.2) is 47.8 Å². The first-order chi connectivity index (χ1) is 18.5. The lowest BCUT2D eigenvalue weighted by atomic mass is 9.98. The summed E-state index contributed by atoms with van der Waals surface area (Å²) in [5.41, 5.74) is 1.73. The van der Waals surface area contributed by atoms with Gasteiger partial charge in [-0.15, -0.1) is 0 Å². The summed E-state index contributed by atoms with van der Waals surface area (Å²) < 4.78 is 37.1. The Morgan fingerprint density at radius 1 is 0.763 bits per heavy atom. The summed E-state index contributed by atoms with van der Waals surface area (Å²) in [4.78, 5) is 11.9. The van der Waals surface area contributed by atoms with Gasteiger partial charge < -0.3 is 28.4 Å². The fourth-order valence-corrected chi connectivity index (χ4v) is 5.19. The van der Waals surface area contributed by atoms with E-state index in [0.29, 0.717) is 13.2 Å². The molecule has 5 rings (SSSR count). The minimum Gasteiger partial charge on any atom is -0.461 e. The van der Waals surface area contributed by atoms with Crippen LogP contribution < -0.4 is 0 Å². The zero-order valence-corrected chi connectivity index (χ0v) is 21.9. The van der Waals surface area contributed by atoms with Crippen molar-refractivity contribution in [2.24, 2.45) is 0 Å². The molecule has 0 spiro atoms. The molecule has 1 heterocycles. The van der Waals surface area contributed by atoms with Crippen LogP contribution in [0.4, 0.5) is 0 Å². The van der Waals surface area contributed by atoms with E-state index in [-0.39, 0.29) is 18.5 Å². The summed E-state index contributed by atoms with van der Waals surface area (Å²) in [5, 5.41) is -0.0368. The Bertz CT molecular complexity index is 1210. The molecule has 198 valence electrons. The highest BCUT2D eigenvalue weighted by molar-refractivity contribution is 7.79. The van der Waals surface area contributed by atoms with Crippen molar-refractivity contribution in [2.45, 2.75) is 56.8 Å². The number of carbonyl (C=O) groups excluding carboxylic acids is 1. The van der Waals surface area contributed by atoms with Gasteiger partial charge in [0.1, 0.15) is 24.9 Å². The largest absolute Gasteiger partial charge is 0.461 e. The van der Waals surface area contributed by atoms with Gasteiger partial charge in [-0.1, -0.05) is 91.0 Å². The summed E-state index contributed by atoms with van der Waals surface area (Å²) in [6.07, 6.45) is -2.64. The molecule has 1 aliphatic heterocycles. The van der Waals surface area contributed by atoms with Crippen molar-refractivity contribution in [2.75, 3.05) is 6.61 Å². The van der Waals surface area contributed by atoms with Crippen molar-refractivity contribution in [3.63, 3.8) is 0 Å². The molecule has 38 heavy (non-hydrogen) atoms. The Kier molecular flexibility index (Phi) is 8.34.